The normalized spacial score (nSPS) is 14.3. The third-order valence-electron chi connectivity index (χ3n) is 4.76. The number of fused-ring (bicyclic) bond motifs is 1. The topological polar surface area (TPSA) is 92.9 Å². The smallest absolute Gasteiger partial charge is 0.270 e. The summed E-state index contributed by atoms with van der Waals surface area (Å²) < 4.78 is 5.85. The van der Waals surface area contributed by atoms with Crippen LogP contribution in [0.3, 0.4) is 0 Å². The molecule has 0 saturated carbocycles. The van der Waals surface area contributed by atoms with E-state index in [-0.39, 0.29) is 23.0 Å². The van der Waals surface area contributed by atoms with E-state index in [9.17, 15) is 20.0 Å². The predicted octanol–water partition coefficient (Wildman–Crippen LogP) is 4.54. The molecule has 1 N–H and O–H groups in total. The van der Waals surface area contributed by atoms with E-state index in [0.717, 1.165) is 25.9 Å². The van der Waals surface area contributed by atoms with Gasteiger partial charge in [-0.25, -0.2) is 0 Å². The first kappa shape index (κ1) is 20.5. The number of benzene rings is 2. The van der Waals surface area contributed by atoms with Crippen molar-refractivity contribution in [2.24, 2.45) is 0 Å². The number of rotatable bonds is 8. The van der Waals surface area contributed by atoms with Gasteiger partial charge in [-0.15, -0.1) is 0 Å². The maximum absolute atomic E-state index is 12.8. The Kier molecular flexibility index (Phi) is 6.29. The second-order valence-corrected chi connectivity index (χ2v) is 7.01. The second kappa shape index (κ2) is 8.87. The lowest BCUT2D eigenvalue weighted by atomic mass is 10.0. The summed E-state index contributed by atoms with van der Waals surface area (Å²) in [6, 6.07) is 9.07. The Morgan fingerprint density at radius 3 is 2.55 bits per heavy atom. The summed E-state index contributed by atoms with van der Waals surface area (Å²) in [5, 5.41) is 21.4. The van der Waals surface area contributed by atoms with Crippen LogP contribution in [0.5, 0.6) is 11.5 Å². The third-order valence-corrected chi connectivity index (χ3v) is 4.76. The summed E-state index contributed by atoms with van der Waals surface area (Å²) in [5.74, 6) is 0.240. The lowest BCUT2D eigenvalue weighted by Gasteiger charge is -2.22. The van der Waals surface area contributed by atoms with E-state index in [4.69, 9.17) is 4.74 Å². The minimum absolute atomic E-state index is 0.0598. The molecule has 152 valence electrons. The molecule has 1 aliphatic heterocycles. The molecule has 0 fully saturated rings. The first-order valence-corrected chi connectivity index (χ1v) is 9.70. The molecular weight excluding hydrogens is 372 g/mol. The van der Waals surface area contributed by atoms with Crippen molar-refractivity contribution < 1.29 is 19.6 Å². The minimum Gasteiger partial charge on any atom is -0.507 e. The molecule has 0 aromatic heterocycles. The molecule has 0 spiro atoms. The van der Waals surface area contributed by atoms with Crippen LogP contribution in [-0.2, 0) is 6.54 Å². The standard InChI is InChI=1S/C22H24N2O5/c1-3-10-23(11-4-2)14-18-19(25)9-8-17-21(26)20(29-22(17)18)13-15-6-5-7-16(12-15)24(27)28/h5-9,12-13,25H,3-4,10-11,14H2,1-2H3/b20-13+. The molecule has 1 heterocycles. The first-order chi connectivity index (χ1) is 13.9. The molecule has 0 saturated heterocycles. The van der Waals surface area contributed by atoms with Crippen LogP contribution in [0.15, 0.2) is 42.2 Å². The zero-order valence-electron chi connectivity index (χ0n) is 16.6. The van der Waals surface area contributed by atoms with Crippen molar-refractivity contribution in [1.82, 2.24) is 4.90 Å². The number of hydrogen-bond donors (Lipinski definition) is 1. The SMILES string of the molecule is CCCN(CCC)Cc1c(O)ccc2c1O/C(=C/c1cccc([N+](=O)[O-])c1)C2=O. The Labute approximate surface area is 169 Å². The maximum Gasteiger partial charge on any atom is 0.270 e. The molecule has 0 aliphatic carbocycles. The molecule has 3 rings (SSSR count). The Morgan fingerprint density at radius 2 is 1.90 bits per heavy atom. The number of non-ortho nitro benzene ring substituents is 1. The minimum atomic E-state index is -0.486. The molecular formula is C22H24N2O5. The van der Waals surface area contributed by atoms with E-state index < -0.39 is 4.92 Å². The molecule has 0 atom stereocenters. The summed E-state index contributed by atoms with van der Waals surface area (Å²) >= 11 is 0. The Morgan fingerprint density at radius 1 is 1.17 bits per heavy atom. The van der Waals surface area contributed by atoms with Gasteiger partial charge in [0.15, 0.2) is 5.76 Å². The van der Waals surface area contributed by atoms with Crippen molar-refractivity contribution in [3.8, 4) is 11.5 Å². The average molecular weight is 396 g/mol. The zero-order chi connectivity index (χ0) is 21.0. The van der Waals surface area contributed by atoms with Gasteiger partial charge in [-0.05, 0) is 49.7 Å². The van der Waals surface area contributed by atoms with Crippen LogP contribution in [0.4, 0.5) is 5.69 Å². The Hall–Kier alpha value is -3.19. The monoisotopic (exact) mass is 396 g/mol. The van der Waals surface area contributed by atoms with E-state index in [0.29, 0.717) is 29.0 Å². The lowest BCUT2D eigenvalue weighted by Crippen LogP contribution is -2.25. The van der Waals surface area contributed by atoms with Gasteiger partial charge in [-0.1, -0.05) is 26.0 Å². The molecule has 2 aromatic carbocycles. The van der Waals surface area contributed by atoms with Crippen LogP contribution in [0, 0.1) is 10.1 Å². The summed E-state index contributed by atoms with van der Waals surface area (Å²) in [5.41, 5.74) is 1.41. The number of phenols is 1. The number of Topliss-reactive ketones (excluding diaryl/α,β-unsaturated/α-hetero) is 1. The van der Waals surface area contributed by atoms with Gasteiger partial charge in [0.1, 0.15) is 11.5 Å². The van der Waals surface area contributed by atoms with Crippen LogP contribution in [-0.4, -0.2) is 33.8 Å². The van der Waals surface area contributed by atoms with Crippen LogP contribution < -0.4 is 4.74 Å². The highest BCUT2D eigenvalue weighted by Crippen LogP contribution is 2.40. The molecule has 0 amide bonds. The van der Waals surface area contributed by atoms with Gasteiger partial charge in [-0.2, -0.15) is 0 Å². The first-order valence-electron chi connectivity index (χ1n) is 9.70. The van der Waals surface area contributed by atoms with E-state index in [2.05, 4.69) is 18.7 Å². The molecule has 7 nitrogen and oxygen atoms in total. The number of carbonyl (C=O) groups is 1. The molecule has 29 heavy (non-hydrogen) atoms. The summed E-state index contributed by atoms with van der Waals surface area (Å²) in [6.45, 7) is 6.42. The largest absolute Gasteiger partial charge is 0.507 e. The number of aromatic hydroxyl groups is 1. The van der Waals surface area contributed by atoms with Crippen molar-refractivity contribution >= 4 is 17.5 Å². The number of ketones is 1. The van der Waals surface area contributed by atoms with Crippen LogP contribution in [0.1, 0.15) is 48.2 Å². The van der Waals surface area contributed by atoms with Gasteiger partial charge in [0.05, 0.1) is 16.1 Å². The number of allylic oxidation sites excluding steroid dienone is 1. The van der Waals surface area contributed by atoms with Crippen LogP contribution >= 0.6 is 0 Å². The number of nitro benzene ring substituents is 1. The highest BCUT2D eigenvalue weighted by molar-refractivity contribution is 6.15. The van der Waals surface area contributed by atoms with Crippen molar-refractivity contribution in [2.75, 3.05) is 13.1 Å². The number of phenolic OH excluding ortho intramolecular Hbond substituents is 1. The van der Waals surface area contributed by atoms with Crippen LogP contribution in [0.25, 0.3) is 6.08 Å². The third kappa shape index (κ3) is 4.46. The highest BCUT2D eigenvalue weighted by Gasteiger charge is 2.31. The molecule has 0 unspecified atom stereocenters. The Bertz CT molecular complexity index is 962. The second-order valence-electron chi connectivity index (χ2n) is 7.01. The summed E-state index contributed by atoms with van der Waals surface area (Å²) in [7, 11) is 0. The summed E-state index contributed by atoms with van der Waals surface area (Å²) in [6.07, 6.45) is 3.45. The predicted molar refractivity (Wildman–Crippen MR) is 110 cm³/mol. The van der Waals surface area contributed by atoms with E-state index in [1.165, 1.54) is 24.3 Å². The number of hydrogen-bond acceptors (Lipinski definition) is 6. The van der Waals surface area contributed by atoms with Gasteiger partial charge < -0.3 is 9.84 Å². The van der Waals surface area contributed by atoms with Gasteiger partial charge >= 0.3 is 0 Å². The van der Waals surface area contributed by atoms with E-state index >= 15 is 0 Å². The maximum atomic E-state index is 12.8. The van der Waals surface area contributed by atoms with Gasteiger partial charge in [-0.3, -0.25) is 19.8 Å². The van der Waals surface area contributed by atoms with E-state index in [1.807, 2.05) is 0 Å². The highest BCUT2D eigenvalue weighted by atomic mass is 16.6. The molecule has 2 aromatic rings. The number of nitrogens with zero attached hydrogens (tertiary/aromatic N) is 2. The number of carbonyl (C=O) groups excluding carboxylic acids is 1. The Balaban J connectivity index is 1.94. The fraction of sp³-hybridized carbons (Fsp3) is 0.318. The van der Waals surface area contributed by atoms with Gasteiger partial charge in [0.25, 0.3) is 5.69 Å². The summed E-state index contributed by atoms with van der Waals surface area (Å²) in [4.78, 5) is 25.5. The molecule has 1 aliphatic rings. The van der Waals surface area contributed by atoms with Gasteiger partial charge in [0, 0.05) is 18.7 Å². The number of nitro groups is 1. The van der Waals surface area contributed by atoms with Crippen molar-refractivity contribution in [1.29, 1.82) is 0 Å². The quantitative estimate of drug-likeness (QED) is 0.400. The molecule has 0 bridgehead atoms. The zero-order valence-corrected chi connectivity index (χ0v) is 16.6. The molecule has 0 radical (unpaired) electrons. The lowest BCUT2D eigenvalue weighted by molar-refractivity contribution is -0.384. The average Bonchev–Trinajstić information content (AvgIpc) is 3.00. The fourth-order valence-electron chi connectivity index (χ4n) is 3.46. The van der Waals surface area contributed by atoms with Gasteiger partial charge in [0.2, 0.25) is 5.78 Å². The van der Waals surface area contributed by atoms with Crippen molar-refractivity contribution in [3.63, 3.8) is 0 Å². The van der Waals surface area contributed by atoms with Crippen molar-refractivity contribution in [2.45, 2.75) is 33.2 Å². The van der Waals surface area contributed by atoms with Crippen molar-refractivity contribution in [3.05, 3.63) is 69.0 Å². The fourth-order valence-corrected chi connectivity index (χ4v) is 3.46. The molecule has 7 heteroatoms. The number of ether oxygens (including phenoxy) is 1. The van der Waals surface area contributed by atoms with E-state index in [1.54, 1.807) is 18.2 Å². The van der Waals surface area contributed by atoms with Crippen LogP contribution in [0.2, 0.25) is 0 Å².